The van der Waals surface area contributed by atoms with Crippen LogP contribution in [0.15, 0.2) is 0 Å². The minimum Gasteiger partial charge on any atom is -0.783 e. The van der Waals surface area contributed by atoms with Crippen LogP contribution in [0.25, 0.3) is 0 Å². The first-order valence-corrected chi connectivity index (χ1v) is 2.24. The van der Waals surface area contributed by atoms with Crippen LogP contribution in [0.2, 0.25) is 0 Å². The molecule has 0 saturated carbocycles. The highest BCUT2D eigenvalue weighted by molar-refractivity contribution is 4.64. The molecule has 0 aliphatic heterocycles. The molecule has 0 aliphatic carbocycles. The van der Waals surface area contributed by atoms with Gasteiger partial charge in [-0.25, -0.2) is 10.1 Å². The molecule has 4 nitrogen and oxygen atoms in total. The van der Waals surface area contributed by atoms with E-state index in [4.69, 9.17) is 5.26 Å². The van der Waals surface area contributed by atoms with Gasteiger partial charge in [0.1, 0.15) is 5.72 Å². The molecular weight excluding hydrogens is 110 g/mol. The maximum atomic E-state index is 10.3. The number of hydrogen-bond acceptors (Lipinski definition) is 4. The lowest BCUT2D eigenvalue weighted by Crippen LogP contribution is -2.38. The van der Waals surface area contributed by atoms with E-state index < -0.39 is 5.72 Å². The molecule has 0 aromatic carbocycles. The lowest BCUT2D eigenvalue weighted by atomic mass is 10.3. The van der Waals surface area contributed by atoms with Crippen molar-refractivity contribution in [2.24, 2.45) is 0 Å². The Hall–Kier alpha value is -0.160. The highest BCUT2D eigenvalue weighted by atomic mass is 17.1. The zero-order chi connectivity index (χ0) is 6.78. The third-order valence-electron chi connectivity index (χ3n) is 0.982. The van der Waals surface area contributed by atoms with Crippen molar-refractivity contribution in [1.82, 2.24) is 5.06 Å². The van der Waals surface area contributed by atoms with Crippen molar-refractivity contribution in [1.29, 1.82) is 0 Å². The fraction of sp³-hybridized carbons (Fsp3) is 1.00. The van der Waals surface area contributed by atoms with Gasteiger partial charge >= 0.3 is 0 Å². The molecular formula is C4H10NO3-. The van der Waals surface area contributed by atoms with Crippen LogP contribution in [0, 0.1) is 5.21 Å². The summed E-state index contributed by atoms with van der Waals surface area (Å²) >= 11 is 0. The maximum Gasteiger partial charge on any atom is 0.139 e. The largest absolute Gasteiger partial charge is 0.783 e. The smallest absolute Gasteiger partial charge is 0.139 e. The zero-order valence-corrected chi connectivity index (χ0v) is 5.21. The maximum absolute atomic E-state index is 10.3. The molecule has 1 N–H and O–H groups in total. The average Bonchev–Trinajstić information content (AvgIpc) is 1.67. The van der Waals surface area contributed by atoms with Crippen molar-refractivity contribution >= 4 is 0 Å². The van der Waals surface area contributed by atoms with Gasteiger partial charge in [-0.2, -0.15) is 0 Å². The lowest BCUT2D eigenvalue weighted by molar-refractivity contribution is -0.344. The summed E-state index contributed by atoms with van der Waals surface area (Å²) in [5, 5.41) is 18.9. The van der Waals surface area contributed by atoms with Gasteiger partial charge in [0.2, 0.25) is 0 Å². The lowest BCUT2D eigenvalue weighted by Gasteiger charge is -2.36. The predicted molar refractivity (Wildman–Crippen MR) is 28.9 cm³/mol. The average molecular weight is 120 g/mol. The van der Waals surface area contributed by atoms with Gasteiger partial charge in [-0.15, -0.1) is 0 Å². The number of nitrogens with zero attached hydrogens (tertiary/aromatic N) is 1. The summed E-state index contributed by atoms with van der Waals surface area (Å²) in [6.45, 7) is 2.92. The summed E-state index contributed by atoms with van der Waals surface area (Å²) in [5.74, 6) is 0. The van der Waals surface area contributed by atoms with Crippen LogP contribution in [0.4, 0.5) is 0 Å². The summed E-state index contributed by atoms with van der Waals surface area (Å²) in [4.78, 5) is 3.81. The zero-order valence-electron chi connectivity index (χ0n) is 5.21. The predicted octanol–water partition coefficient (Wildman–Crippen LogP) is 0.642. The molecule has 0 atom stereocenters. The molecule has 0 spiro atoms. The van der Waals surface area contributed by atoms with Crippen LogP contribution in [0.3, 0.4) is 0 Å². The summed E-state index contributed by atoms with van der Waals surface area (Å²) in [5.41, 5.74) is -1.12. The molecule has 0 amide bonds. The Labute approximate surface area is 48.2 Å². The molecule has 0 aliphatic rings. The Kier molecular flexibility index (Phi) is 2.36. The van der Waals surface area contributed by atoms with Crippen LogP contribution in [-0.4, -0.2) is 23.1 Å². The Bertz CT molecular complexity index is 71.7. The molecule has 0 aromatic rings. The molecule has 4 heteroatoms. The van der Waals surface area contributed by atoms with Crippen LogP contribution in [0.1, 0.15) is 13.8 Å². The second-order valence-corrected chi connectivity index (χ2v) is 2.04. The molecule has 0 unspecified atom stereocenters. The van der Waals surface area contributed by atoms with E-state index in [0.717, 1.165) is 0 Å². The Morgan fingerprint density at radius 2 is 2.00 bits per heavy atom. The summed E-state index contributed by atoms with van der Waals surface area (Å²) in [6, 6.07) is 0. The van der Waals surface area contributed by atoms with Gasteiger partial charge in [0.25, 0.3) is 0 Å². The molecule has 0 fully saturated rings. The first-order chi connectivity index (χ1) is 3.50. The van der Waals surface area contributed by atoms with Gasteiger partial charge in [-0.1, -0.05) is 0 Å². The minimum atomic E-state index is -1.12. The summed E-state index contributed by atoms with van der Waals surface area (Å²) in [7, 11) is 1.27. The molecule has 0 heterocycles. The van der Waals surface area contributed by atoms with Crippen molar-refractivity contribution in [3.05, 3.63) is 5.21 Å². The van der Waals surface area contributed by atoms with Crippen LogP contribution < -0.4 is 0 Å². The van der Waals surface area contributed by atoms with Gasteiger partial charge < -0.3 is 10.3 Å². The standard InChI is InChI=1S/C4H10NO3/c1-4(2,8-7)5(3)6/h7H,1-3H3/q-1. The molecule has 50 valence electrons. The normalized spacial score (nSPS) is 12.8. The summed E-state index contributed by atoms with van der Waals surface area (Å²) in [6.07, 6.45) is 0. The number of hydrogen-bond donors (Lipinski definition) is 1. The second-order valence-electron chi connectivity index (χ2n) is 2.04. The van der Waals surface area contributed by atoms with E-state index in [1.54, 1.807) is 0 Å². The van der Waals surface area contributed by atoms with Gasteiger partial charge in [0.15, 0.2) is 0 Å². The first kappa shape index (κ1) is 7.84. The van der Waals surface area contributed by atoms with Crippen molar-refractivity contribution < 1.29 is 10.1 Å². The monoisotopic (exact) mass is 120 g/mol. The highest BCUT2D eigenvalue weighted by Gasteiger charge is 2.16. The quantitative estimate of drug-likeness (QED) is 0.330. The van der Waals surface area contributed by atoms with E-state index in [1.165, 1.54) is 20.9 Å². The number of hydroxylamine groups is 2. The van der Waals surface area contributed by atoms with Crippen molar-refractivity contribution in [2.75, 3.05) is 7.05 Å². The molecule has 0 aromatic heterocycles. The van der Waals surface area contributed by atoms with Crippen molar-refractivity contribution in [3.63, 3.8) is 0 Å². The van der Waals surface area contributed by atoms with Crippen LogP contribution >= 0.6 is 0 Å². The first-order valence-electron chi connectivity index (χ1n) is 2.24. The second kappa shape index (κ2) is 2.41. The molecule has 8 heavy (non-hydrogen) atoms. The minimum absolute atomic E-state index is 0.521. The van der Waals surface area contributed by atoms with Gasteiger partial charge in [0, 0.05) is 0 Å². The van der Waals surface area contributed by atoms with Crippen LogP contribution in [-0.2, 0) is 4.89 Å². The van der Waals surface area contributed by atoms with E-state index in [9.17, 15) is 5.21 Å². The van der Waals surface area contributed by atoms with E-state index in [0.29, 0.717) is 5.06 Å². The van der Waals surface area contributed by atoms with E-state index in [1.807, 2.05) is 0 Å². The highest BCUT2D eigenvalue weighted by Crippen LogP contribution is 2.09. The van der Waals surface area contributed by atoms with Gasteiger partial charge in [-0.3, -0.25) is 0 Å². The Morgan fingerprint density at radius 3 is 2.00 bits per heavy atom. The van der Waals surface area contributed by atoms with Gasteiger partial charge in [-0.05, 0) is 20.9 Å². The van der Waals surface area contributed by atoms with E-state index >= 15 is 0 Å². The topological polar surface area (TPSA) is 55.8 Å². The van der Waals surface area contributed by atoms with E-state index in [-0.39, 0.29) is 0 Å². The van der Waals surface area contributed by atoms with Crippen molar-refractivity contribution in [3.8, 4) is 0 Å². The molecule has 0 rings (SSSR count). The van der Waals surface area contributed by atoms with Crippen molar-refractivity contribution in [2.45, 2.75) is 19.6 Å². The summed E-state index contributed by atoms with van der Waals surface area (Å²) < 4.78 is 0. The Morgan fingerprint density at radius 1 is 1.62 bits per heavy atom. The third-order valence-corrected chi connectivity index (χ3v) is 0.982. The molecule has 0 radical (unpaired) electrons. The van der Waals surface area contributed by atoms with E-state index in [2.05, 4.69) is 4.89 Å². The number of rotatable bonds is 2. The molecule has 0 saturated heterocycles. The van der Waals surface area contributed by atoms with Crippen LogP contribution in [0.5, 0.6) is 0 Å². The van der Waals surface area contributed by atoms with Gasteiger partial charge in [0.05, 0.1) is 0 Å². The molecule has 0 bridgehead atoms. The Balaban J connectivity index is 3.71. The fourth-order valence-corrected chi connectivity index (χ4v) is 0.0575. The SMILES string of the molecule is CN([O-])C(C)(C)OO. The fourth-order valence-electron chi connectivity index (χ4n) is 0.0575. The third kappa shape index (κ3) is 1.75.